The average molecular weight is 343 g/mol. The van der Waals surface area contributed by atoms with Crippen molar-refractivity contribution >= 4 is 11.8 Å². The number of ketones is 1. The van der Waals surface area contributed by atoms with Gasteiger partial charge in [-0.05, 0) is 12.8 Å². The molecular formula is C20H38O4. The van der Waals surface area contributed by atoms with Gasteiger partial charge in [-0.25, -0.2) is 0 Å². The topological polar surface area (TPSA) is 63.6 Å². The van der Waals surface area contributed by atoms with Crippen LogP contribution in [0.25, 0.3) is 0 Å². The largest absolute Gasteiger partial charge is 0.463 e. The molecule has 1 atom stereocenters. The maximum Gasteiger partial charge on any atom is 0.316 e. The van der Waals surface area contributed by atoms with Gasteiger partial charge in [0.2, 0.25) is 0 Å². The Kier molecular flexibility index (Phi) is 16.3. The number of aliphatic hydroxyl groups excluding tert-OH is 1. The van der Waals surface area contributed by atoms with Crippen molar-refractivity contribution in [3.8, 4) is 0 Å². The van der Waals surface area contributed by atoms with Crippen LogP contribution in [0.15, 0.2) is 0 Å². The Labute approximate surface area is 148 Å². The quantitative estimate of drug-likeness (QED) is 0.234. The number of aliphatic hydroxyl groups is 1. The van der Waals surface area contributed by atoms with Gasteiger partial charge >= 0.3 is 5.97 Å². The lowest BCUT2D eigenvalue weighted by Crippen LogP contribution is -2.27. The molecule has 24 heavy (non-hydrogen) atoms. The fraction of sp³-hybridized carbons (Fsp3) is 0.900. The van der Waals surface area contributed by atoms with Crippen molar-refractivity contribution in [2.45, 2.75) is 97.3 Å². The van der Waals surface area contributed by atoms with Gasteiger partial charge < -0.3 is 9.84 Å². The Bertz CT molecular complexity index is 315. The molecule has 1 unspecified atom stereocenters. The first kappa shape index (κ1) is 23.1. The van der Waals surface area contributed by atoms with Gasteiger partial charge in [-0.3, -0.25) is 9.59 Å². The number of hydrogen-bond acceptors (Lipinski definition) is 4. The normalized spacial score (nSPS) is 12.1. The molecule has 0 aromatic heterocycles. The van der Waals surface area contributed by atoms with Crippen LogP contribution in [-0.2, 0) is 14.3 Å². The van der Waals surface area contributed by atoms with E-state index in [0.29, 0.717) is 12.8 Å². The van der Waals surface area contributed by atoms with Crippen LogP contribution in [0.3, 0.4) is 0 Å². The van der Waals surface area contributed by atoms with E-state index in [1.807, 2.05) is 0 Å². The second-order valence-corrected chi connectivity index (χ2v) is 6.63. The number of hydrogen-bond donors (Lipinski definition) is 1. The number of carbonyl (C=O) groups excluding carboxylic acids is 2. The SMILES string of the molecule is CCCCCCCCC(C(=O)CCCCCCC)C(=O)OCCO. The predicted octanol–water partition coefficient (Wildman–Crippen LogP) is 4.82. The molecule has 0 bridgehead atoms. The third-order valence-electron chi connectivity index (χ3n) is 4.38. The van der Waals surface area contributed by atoms with E-state index in [-0.39, 0.29) is 19.0 Å². The molecule has 142 valence electrons. The second kappa shape index (κ2) is 16.9. The molecule has 1 N–H and O–H groups in total. The second-order valence-electron chi connectivity index (χ2n) is 6.63. The molecule has 0 aliphatic carbocycles. The first-order valence-electron chi connectivity index (χ1n) is 9.97. The van der Waals surface area contributed by atoms with Crippen LogP contribution < -0.4 is 0 Å². The lowest BCUT2D eigenvalue weighted by atomic mass is 9.93. The van der Waals surface area contributed by atoms with Crippen LogP contribution in [0, 0.1) is 5.92 Å². The highest BCUT2D eigenvalue weighted by Crippen LogP contribution is 2.18. The van der Waals surface area contributed by atoms with Crippen LogP contribution in [-0.4, -0.2) is 30.1 Å². The van der Waals surface area contributed by atoms with Crippen molar-refractivity contribution in [2.24, 2.45) is 5.92 Å². The molecule has 0 aliphatic rings. The average Bonchev–Trinajstić information content (AvgIpc) is 2.58. The molecule has 0 aromatic carbocycles. The summed E-state index contributed by atoms with van der Waals surface area (Å²) in [6.07, 6.45) is 13.3. The van der Waals surface area contributed by atoms with Gasteiger partial charge in [0.1, 0.15) is 18.3 Å². The first-order valence-corrected chi connectivity index (χ1v) is 9.97. The Morgan fingerprint density at radius 2 is 1.38 bits per heavy atom. The fourth-order valence-electron chi connectivity index (χ4n) is 2.86. The zero-order valence-electron chi connectivity index (χ0n) is 15.9. The molecule has 0 saturated carbocycles. The summed E-state index contributed by atoms with van der Waals surface area (Å²) in [5.74, 6) is -1.06. The van der Waals surface area contributed by atoms with Gasteiger partial charge in [0, 0.05) is 6.42 Å². The zero-order chi connectivity index (χ0) is 18.0. The molecule has 4 heteroatoms. The summed E-state index contributed by atoms with van der Waals surface area (Å²) in [5.41, 5.74) is 0. The van der Waals surface area contributed by atoms with Gasteiger partial charge in [0.05, 0.1) is 6.61 Å². The Hall–Kier alpha value is -0.900. The molecule has 0 heterocycles. The van der Waals surface area contributed by atoms with Crippen LogP contribution in [0.1, 0.15) is 97.3 Å². The maximum atomic E-state index is 12.4. The molecule has 0 fully saturated rings. The van der Waals surface area contributed by atoms with Gasteiger partial charge in [0.15, 0.2) is 0 Å². The number of esters is 1. The summed E-state index contributed by atoms with van der Waals surface area (Å²) >= 11 is 0. The summed E-state index contributed by atoms with van der Waals surface area (Å²) in [5, 5.41) is 8.79. The van der Waals surface area contributed by atoms with Crippen LogP contribution in [0.4, 0.5) is 0 Å². The molecule has 0 aromatic rings. The lowest BCUT2D eigenvalue weighted by molar-refractivity contribution is -0.153. The molecule has 0 amide bonds. The van der Waals surface area contributed by atoms with E-state index in [2.05, 4.69) is 13.8 Å². The van der Waals surface area contributed by atoms with Crippen molar-refractivity contribution < 1.29 is 19.4 Å². The van der Waals surface area contributed by atoms with Crippen molar-refractivity contribution in [3.05, 3.63) is 0 Å². The standard InChI is InChI=1S/C20H38O4/c1-3-5-7-9-11-12-14-18(20(23)24-17-16-21)19(22)15-13-10-8-6-4-2/h18,21H,3-17H2,1-2H3. The number of Topliss-reactive ketones (excluding diaryl/α,β-unsaturated/α-hetero) is 1. The Morgan fingerprint density at radius 3 is 1.96 bits per heavy atom. The minimum Gasteiger partial charge on any atom is -0.463 e. The van der Waals surface area contributed by atoms with Crippen molar-refractivity contribution in [2.75, 3.05) is 13.2 Å². The summed E-state index contributed by atoms with van der Waals surface area (Å²) in [7, 11) is 0. The van der Waals surface area contributed by atoms with Gasteiger partial charge in [0.25, 0.3) is 0 Å². The monoisotopic (exact) mass is 342 g/mol. The summed E-state index contributed by atoms with van der Waals surface area (Å²) < 4.78 is 5.01. The van der Waals surface area contributed by atoms with E-state index in [1.54, 1.807) is 0 Å². The van der Waals surface area contributed by atoms with E-state index in [0.717, 1.165) is 38.5 Å². The zero-order valence-corrected chi connectivity index (χ0v) is 15.9. The fourth-order valence-corrected chi connectivity index (χ4v) is 2.86. The third kappa shape index (κ3) is 12.5. The highest BCUT2D eigenvalue weighted by Gasteiger charge is 2.26. The van der Waals surface area contributed by atoms with Crippen LogP contribution in [0.2, 0.25) is 0 Å². The van der Waals surface area contributed by atoms with Gasteiger partial charge in [-0.1, -0.05) is 78.1 Å². The van der Waals surface area contributed by atoms with Gasteiger partial charge in [-0.2, -0.15) is 0 Å². The smallest absolute Gasteiger partial charge is 0.316 e. The van der Waals surface area contributed by atoms with E-state index in [4.69, 9.17) is 9.84 Å². The van der Waals surface area contributed by atoms with Crippen molar-refractivity contribution in [3.63, 3.8) is 0 Å². The Morgan fingerprint density at radius 1 is 0.833 bits per heavy atom. The minimum atomic E-state index is -0.631. The molecule has 4 nitrogen and oxygen atoms in total. The van der Waals surface area contributed by atoms with Crippen molar-refractivity contribution in [1.82, 2.24) is 0 Å². The summed E-state index contributed by atoms with van der Waals surface area (Å²) in [6.45, 7) is 4.14. The highest BCUT2D eigenvalue weighted by atomic mass is 16.5. The van der Waals surface area contributed by atoms with Crippen molar-refractivity contribution in [1.29, 1.82) is 0 Å². The lowest BCUT2D eigenvalue weighted by Gasteiger charge is -2.15. The van der Waals surface area contributed by atoms with E-state index in [1.165, 1.54) is 32.1 Å². The molecule has 0 rings (SSSR count). The number of carbonyl (C=O) groups is 2. The maximum absolute atomic E-state index is 12.4. The summed E-state index contributed by atoms with van der Waals surface area (Å²) in [6, 6.07) is 0. The Balaban J connectivity index is 4.20. The van der Waals surface area contributed by atoms with E-state index < -0.39 is 11.9 Å². The van der Waals surface area contributed by atoms with Crippen LogP contribution >= 0.6 is 0 Å². The van der Waals surface area contributed by atoms with Crippen LogP contribution in [0.5, 0.6) is 0 Å². The molecule has 0 aliphatic heterocycles. The molecule has 0 radical (unpaired) electrons. The van der Waals surface area contributed by atoms with E-state index in [9.17, 15) is 9.59 Å². The first-order chi connectivity index (χ1) is 11.7. The highest BCUT2D eigenvalue weighted by molar-refractivity contribution is 5.98. The third-order valence-corrected chi connectivity index (χ3v) is 4.38. The number of rotatable bonds is 17. The van der Waals surface area contributed by atoms with Gasteiger partial charge in [-0.15, -0.1) is 0 Å². The minimum absolute atomic E-state index is 0.0167. The molecular weight excluding hydrogens is 304 g/mol. The van der Waals surface area contributed by atoms with E-state index >= 15 is 0 Å². The molecule has 0 spiro atoms. The number of ether oxygens (including phenoxy) is 1. The molecule has 0 saturated heterocycles. The predicted molar refractivity (Wildman–Crippen MR) is 97.9 cm³/mol. The number of unbranched alkanes of at least 4 members (excludes halogenated alkanes) is 9. The summed E-state index contributed by atoms with van der Waals surface area (Å²) in [4.78, 5) is 24.5.